The van der Waals surface area contributed by atoms with Crippen molar-refractivity contribution in [3.05, 3.63) is 36.2 Å². The highest BCUT2D eigenvalue weighted by molar-refractivity contribution is 5.79. The first-order chi connectivity index (χ1) is 8.31. The van der Waals surface area contributed by atoms with Gasteiger partial charge in [-0.1, -0.05) is 11.6 Å². The molecule has 3 nitrogen and oxygen atoms in total. The summed E-state index contributed by atoms with van der Waals surface area (Å²) in [5.41, 5.74) is 1.15. The van der Waals surface area contributed by atoms with Gasteiger partial charge in [0.2, 0.25) is 5.91 Å². The van der Waals surface area contributed by atoms with E-state index in [-0.39, 0.29) is 18.2 Å². The van der Waals surface area contributed by atoms with Gasteiger partial charge in [0.15, 0.2) is 0 Å². The zero-order valence-corrected chi connectivity index (χ0v) is 9.80. The minimum absolute atomic E-state index is 0.00646. The third-order valence-electron chi connectivity index (χ3n) is 3.20. The van der Waals surface area contributed by atoms with Gasteiger partial charge < -0.3 is 0 Å². The molecule has 1 aromatic rings. The molecule has 0 aliphatic heterocycles. The van der Waals surface area contributed by atoms with E-state index in [0.717, 1.165) is 24.8 Å². The fourth-order valence-corrected chi connectivity index (χ4v) is 2.22. The molecule has 0 saturated heterocycles. The zero-order valence-electron chi connectivity index (χ0n) is 9.80. The summed E-state index contributed by atoms with van der Waals surface area (Å²) in [5, 5.41) is 9.17. The van der Waals surface area contributed by atoms with Crippen LogP contribution in [0.25, 0.3) is 0 Å². The number of hydrogen-bond donors (Lipinski definition) is 0. The molecule has 2 rings (SSSR count). The van der Waals surface area contributed by atoms with Crippen LogP contribution in [0.4, 0.5) is 0 Å². The van der Waals surface area contributed by atoms with Crippen LogP contribution in [-0.2, 0) is 0 Å². The van der Waals surface area contributed by atoms with Gasteiger partial charge >= 0.3 is 0 Å². The first kappa shape index (κ1) is 11.7. The normalized spacial score (nSPS) is 17.0. The van der Waals surface area contributed by atoms with Crippen LogP contribution in [0.5, 0.6) is 0 Å². The maximum Gasteiger partial charge on any atom is 0.232 e. The Bertz CT molecular complexity index is 451. The lowest BCUT2D eigenvalue weighted by Crippen LogP contribution is -2.15. The van der Waals surface area contributed by atoms with E-state index in [9.17, 15) is 10.1 Å². The predicted molar refractivity (Wildman–Crippen MR) is 65.3 cm³/mol. The van der Waals surface area contributed by atoms with Crippen molar-refractivity contribution in [2.24, 2.45) is 5.92 Å². The average Bonchev–Trinajstić information content (AvgIpc) is 2.90. The van der Waals surface area contributed by atoms with Gasteiger partial charge in [-0.05, 0) is 37.8 Å². The molecule has 0 bridgehead atoms. The number of carbonyl (C=O) groups excluding carboxylic acids is 1. The van der Waals surface area contributed by atoms with Crippen molar-refractivity contribution in [2.45, 2.75) is 32.1 Å². The largest absolute Gasteiger partial charge is 0.295 e. The summed E-state index contributed by atoms with van der Waals surface area (Å²) >= 11 is 0. The third kappa shape index (κ3) is 2.85. The summed E-state index contributed by atoms with van der Waals surface area (Å²) in [4.78, 5) is 11.9. The van der Waals surface area contributed by atoms with Crippen molar-refractivity contribution in [3.63, 3.8) is 0 Å². The fraction of sp³-hybridized carbons (Fsp3) is 0.429. The lowest BCUT2D eigenvalue weighted by molar-refractivity contribution is 0.0893. The van der Waals surface area contributed by atoms with E-state index in [4.69, 9.17) is 0 Å². The van der Waals surface area contributed by atoms with Crippen molar-refractivity contribution in [3.8, 4) is 6.07 Å². The van der Waals surface area contributed by atoms with E-state index < -0.39 is 0 Å². The SMILES string of the molecule is N#C[C@@H](CC(=O)n1cccc1)C1=CCCCC1. The van der Waals surface area contributed by atoms with Gasteiger partial charge in [-0.25, -0.2) is 0 Å². The van der Waals surface area contributed by atoms with E-state index >= 15 is 0 Å². The molecule has 1 aliphatic carbocycles. The highest BCUT2D eigenvalue weighted by Crippen LogP contribution is 2.26. The van der Waals surface area contributed by atoms with E-state index in [0.29, 0.717) is 0 Å². The van der Waals surface area contributed by atoms with Gasteiger partial charge in [0, 0.05) is 18.8 Å². The Morgan fingerprint density at radius 3 is 2.76 bits per heavy atom. The van der Waals surface area contributed by atoms with Crippen LogP contribution >= 0.6 is 0 Å². The lowest BCUT2D eigenvalue weighted by Gasteiger charge is -2.17. The van der Waals surface area contributed by atoms with E-state index in [1.807, 2.05) is 12.1 Å². The molecule has 0 fully saturated rings. The quantitative estimate of drug-likeness (QED) is 0.746. The topological polar surface area (TPSA) is 45.8 Å². The van der Waals surface area contributed by atoms with E-state index in [2.05, 4.69) is 12.1 Å². The summed E-state index contributed by atoms with van der Waals surface area (Å²) in [6, 6.07) is 5.90. The number of nitriles is 1. The van der Waals surface area contributed by atoms with Crippen LogP contribution in [0.15, 0.2) is 36.2 Å². The molecule has 0 radical (unpaired) electrons. The highest BCUT2D eigenvalue weighted by atomic mass is 16.1. The lowest BCUT2D eigenvalue weighted by atomic mass is 9.88. The number of rotatable bonds is 3. The molecule has 0 aromatic carbocycles. The van der Waals surface area contributed by atoms with Crippen molar-refractivity contribution in [1.82, 2.24) is 4.57 Å². The summed E-state index contributed by atoms with van der Waals surface area (Å²) in [5.74, 6) is -0.252. The van der Waals surface area contributed by atoms with Gasteiger partial charge in [0.05, 0.1) is 12.0 Å². The van der Waals surface area contributed by atoms with Gasteiger partial charge in [-0.15, -0.1) is 0 Å². The molecule has 88 valence electrons. The maximum absolute atomic E-state index is 11.9. The Labute approximate surface area is 101 Å². The summed E-state index contributed by atoms with van der Waals surface area (Å²) in [7, 11) is 0. The molecule has 1 aliphatic rings. The third-order valence-corrected chi connectivity index (χ3v) is 3.20. The molecule has 0 spiro atoms. The van der Waals surface area contributed by atoms with Crippen molar-refractivity contribution in [1.29, 1.82) is 5.26 Å². The summed E-state index contributed by atoms with van der Waals surface area (Å²) in [6.07, 6.45) is 10.2. The highest BCUT2D eigenvalue weighted by Gasteiger charge is 2.19. The molecule has 1 atom stereocenters. The van der Waals surface area contributed by atoms with Crippen LogP contribution in [0.3, 0.4) is 0 Å². The smallest absolute Gasteiger partial charge is 0.232 e. The Morgan fingerprint density at radius 2 is 2.18 bits per heavy atom. The average molecular weight is 228 g/mol. The number of nitrogens with zero attached hydrogens (tertiary/aromatic N) is 2. The Kier molecular flexibility index (Phi) is 3.77. The fourth-order valence-electron chi connectivity index (χ4n) is 2.22. The van der Waals surface area contributed by atoms with Crippen molar-refractivity contribution in [2.75, 3.05) is 0 Å². The second kappa shape index (κ2) is 5.49. The van der Waals surface area contributed by atoms with Crippen LogP contribution < -0.4 is 0 Å². The number of hydrogen-bond acceptors (Lipinski definition) is 2. The van der Waals surface area contributed by atoms with E-state index in [1.165, 1.54) is 6.42 Å². The molecule has 0 unspecified atom stereocenters. The Hall–Kier alpha value is -1.82. The second-order valence-corrected chi connectivity index (χ2v) is 4.39. The van der Waals surface area contributed by atoms with Crippen LogP contribution in [0.2, 0.25) is 0 Å². The number of carbonyl (C=O) groups is 1. The molecule has 3 heteroatoms. The molecule has 17 heavy (non-hydrogen) atoms. The molecular weight excluding hydrogens is 212 g/mol. The molecular formula is C14H16N2O. The maximum atomic E-state index is 11.9. The second-order valence-electron chi connectivity index (χ2n) is 4.39. The van der Waals surface area contributed by atoms with Crippen molar-refractivity contribution >= 4 is 5.91 Å². The molecule has 0 saturated carbocycles. The molecule has 1 aromatic heterocycles. The Morgan fingerprint density at radius 1 is 1.41 bits per heavy atom. The van der Waals surface area contributed by atoms with Crippen molar-refractivity contribution < 1.29 is 4.79 Å². The van der Waals surface area contributed by atoms with Gasteiger partial charge in [0.1, 0.15) is 0 Å². The monoisotopic (exact) mass is 228 g/mol. The Balaban J connectivity index is 2.03. The van der Waals surface area contributed by atoms with Gasteiger partial charge in [-0.3, -0.25) is 9.36 Å². The zero-order chi connectivity index (χ0) is 12.1. The predicted octanol–water partition coefficient (Wildman–Crippen LogP) is 3.16. The summed E-state index contributed by atoms with van der Waals surface area (Å²) in [6.45, 7) is 0. The minimum atomic E-state index is -0.245. The molecule has 0 N–H and O–H groups in total. The number of allylic oxidation sites excluding steroid dienone is 2. The van der Waals surface area contributed by atoms with Crippen LogP contribution in [-0.4, -0.2) is 10.5 Å². The van der Waals surface area contributed by atoms with Crippen LogP contribution in [0, 0.1) is 17.2 Å². The van der Waals surface area contributed by atoms with Gasteiger partial charge in [0.25, 0.3) is 0 Å². The number of aromatic nitrogens is 1. The molecule has 0 amide bonds. The first-order valence-corrected chi connectivity index (χ1v) is 6.06. The molecule has 1 heterocycles. The summed E-state index contributed by atoms with van der Waals surface area (Å²) < 4.78 is 1.55. The van der Waals surface area contributed by atoms with E-state index in [1.54, 1.807) is 17.0 Å². The standard InChI is InChI=1S/C14H16N2O/c15-11-13(12-6-2-1-3-7-12)10-14(17)16-8-4-5-9-16/h4-6,8-9,13H,1-3,7,10H2/t13-/m1/s1. The minimum Gasteiger partial charge on any atom is -0.295 e. The van der Waals surface area contributed by atoms with Gasteiger partial charge in [-0.2, -0.15) is 5.26 Å². The first-order valence-electron chi connectivity index (χ1n) is 6.06. The van der Waals surface area contributed by atoms with Crippen LogP contribution in [0.1, 0.15) is 36.9 Å².